The number of anilines is 1. The van der Waals surface area contributed by atoms with Gasteiger partial charge in [0.2, 0.25) is 0 Å². The van der Waals surface area contributed by atoms with Crippen molar-refractivity contribution in [3.05, 3.63) is 40.4 Å². The Morgan fingerprint density at radius 2 is 1.82 bits per heavy atom. The zero-order valence-electron chi connectivity index (χ0n) is 12.2. The number of ether oxygens (including phenoxy) is 1. The van der Waals surface area contributed by atoms with Crippen LogP contribution in [0.25, 0.3) is 22.4 Å². The molecular formula is C16H15Cl2N3O. The fourth-order valence-electron chi connectivity index (χ4n) is 2.21. The molecule has 1 aromatic heterocycles. The number of hydrogen-bond acceptors (Lipinski definition) is 3. The van der Waals surface area contributed by atoms with Crippen LogP contribution in [0, 0.1) is 0 Å². The molecule has 0 spiro atoms. The van der Waals surface area contributed by atoms with Gasteiger partial charge in [0.15, 0.2) is 5.75 Å². The number of H-pyrrole nitrogens is 1. The number of nitrogens with zero attached hydrogens (tertiary/aromatic N) is 1. The van der Waals surface area contributed by atoms with Crippen molar-refractivity contribution in [3.63, 3.8) is 0 Å². The molecule has 0 saturated carbocycles. The summed E-state index contributed by atoms with van der Waals surface area (Å²) in [7, 11) is 0. The van der Waals surface area contributed by atoms with Crippen LogP contribution >= 0.6 is 23.2 Å². The molecule has 2 aromatic carbocycles. The Morgan fingerprint density at radius 3 is 2.45 bits per heavy atom. The summed E-state index contributed by atoms with van der Waals surface area (Å²) in [6.45, 7) is 3.84. The molecule has 3 N–H and O–H groups in total. The average molecular weight is 336 g/mol. The first-order valence-corrected chi connectivity index (χ1v) is 7.61. The summed E-state index contributed by atoms with van der Waals surface area (Å²) in [4.78, 5) is 7.75. The Bertz CT molecular complexity index is 820. The summed E-state index contributed by atoms with van der Waals surface area (Å²) in [5, 5.41) is 0.910. The van der Waals surface area contributed by atoms with Crippen LogP contribution in [0.5, 0.6) is 5.75 Å². The predicted molar refractivity (Wildman–Crippen MR) is 91.7 cm³/mol. The van der Waals surface area contributed by atoms with Gasteiger partial charge in [0, 0.05) is 11.3 Å². The van der Waals surface area contributed by atoms with Crippen LogP contribution in [0.3, 0.4) is 0 Å². The molecule has 0 aliphatic rings. The van der Waals surface area contributed by atoms with Crippen LogP contribution in [0.1, 0.15) is 13.8 Å². The minimum Gasteiger partial charge on any atom is -0.488 e. The highest BCUT2D eigenvalue weighted by molar-refractivity contribution is 6.37. The molecule has 3 rings (SSSR count). The van der Waals surface area contributed by atoms with Crippen LogP contribution in [0.2, 0.25) is 10.0 Å². The van der Waals surface area contributed by atoms with E-state index in [0.717, 1.165) is 16.6 Å². The summed E-state index contributed by atoms with van der Waals surface area (Å²) in [5.74, 6) is 1.17. The normalized spacial score (nSPS) is 11.3. The third-order valence-corrected chi connectivity index (χ3v) is 3.69. The molecular weight excluding hydrogens is 321 g/mol. The highest BCUT2D eigenvalue weighted by atomic mass is 35.5. The quantitative estimate of drug-likeness (QED) is 0.668. The van der Waals surface area contributed by atoms with Gasteiger partial charge in [-0.2, -0.15) is 0 Å². The van der Waals surface area contributed by atoms with Crippen LogP contribution in [0.4, 0.5) is 5.69 Å². The van der Waals surface area contributed by atoms with Crippen molar-refractivity contribution in [1.29, 1.82) is 0 Å². The molecule has 0 aliphatic heterocycles. The molecule has 0 amide bonds. The molecule has 0 saturated heterocycles. The van der Waals surface area contributed by atoms with Crippen molar-refractivity contribution >= 4 is 39.9 Å². The van der Waals surface area contributed by atoms with Gasteiger partial charge in [0.05, 0.1) is 27.2 Å². The van der Waals surface area contributed by atoms with E-state index in [4.69, 9.17) is 33.7 Å². The molecule has 114 valence electrons. The van der Waals surface area contributed by atoms with Crippen molar-refractivity contribution in [2.45, 2.75) is 20.0 Å². The third-order valence-electron chi connectivity index (χ3n) is 3.13. The third kappa shape index (κ3) is 2.85. The molecule has 22 heavy (non-hydrogen) atoms. The molecule has 4 nitrogen and oxygen atoms in total. The van der Waals surface area contributed by atoms with Crippen LogP contribution in [-0.2, 0) is 0 Å². The first-order chi connectivity index (χ1) is 10.4. The first kappa shape index (κ1) is 15.0. The topological polar surface area (TPSA) is 63.9 Å². The van der Waals surface area contributed by atoms with E-state index in [-0.39, 0.29) is 6.10 Å². The van der Waals surface area contributed by atoms with Crippen LogP contribution in [-0.4, -0.2) is 16.1 Å². The maximum absolute atomic E-state index is 6.28. The van der Waals surface area contributed by atoms with Gasteiger partial charge in [-0.25, -0.2) is 4.98 Å². The minimum atomic E-state index is -0.00461. The van der Waals surface area contributed by atoms with E-state index in [9.17, 15) is 0 Å². The lowest BCUT2D eigenvalue weighted by atomic mass is 10.2. The smallest absolute Gasteiger partial charge is 0.156 e. The molecule has 3 aromatic rings. The van der Waals surface area contributed by atoms with Gasteiger partial charge in [0.25, 0.3) is 0 Å². The van der Waals surface area contributed by atoms with Gasteiger partial charge in [-0.3, -0.25) is 0 Å². The highest BCUT2D eigenvalue weighted by Gasteiger charge is 2.14. The maximum atomic E-state index is 6.28. The Labute approximate surface area is 138 Å². The summed E-state index contributed by atoms with van der Waals surface area (Å²) >= 11 is 12.6. The molecule has 0 radical (unpaired) electrons. The Morgan fingerprint density at radius 1 is 1.14 bits per heavy atom. The summed E-state index contributed by atoms with van der Waals surface area (Å²) < 4.78 is 5.63. The van der Waals surface area contributed by atoms with E-state index >= 15 is 0 Å². The van der Waals surface area contributed by atoms with Crippen molar-refractivity contribution < 1.29 is 4.74 Å². The number of halogens is 2. The molecule has 6 heteroatoms. The van der Waals surface area contributed by atoms with Gasteiger partial charge in [0.1, 0.15) is 5.82 Å². The molecule has 0 bridgehead atoms. The number of aromatic nitrogens is 2. The lowest BCUT2D eigenvalue weighted by Gasteiger charge is -2.13. The lowest BCUT2D eigenvalue weighted by molar-refractivity contribution is 0.243. The van der Waals surface area contributed by atoms with E-state index in [1.807, 2.05) is 32.0 Å². The lowest BCUT2D eigenvalue weighted by Crippen LogP contribution is -2.06. The number of rotatable bonds is 3. The van der Waals surface area contributed by atoms with E-state index in [1.165, 1.54) is 0 Å². The van der Waals surface area contributed by atoms with Crippen molar-refractivity contribution in [3.8, 4) is 17.1 Å². The second-order valence-electron chi connectivity index (χ2n) is 5.30. The molecule has 1 heterocycles. The number of benzene rings is 2. The van der Waals surface area contributed by atoms with E-state index in [1.54, 1.807) is 12.1 Å². The highest BCUT2D eigenvalue weighted by Crippen LogP contribution is 2.37. The van der Waals surface area contributed by atoms with E-state index in [0.29, 0.717) is 27.3 Å². The van der Waals surface area contributed by atoms with Gasteiger partial charge in [-0.1, -0.05) is 23.2 Å². The molecule has 0 atom stereocenters. The molecule has 0 aliphatic carbocycles. The fourth-order valence-corrected chi connectivity index (χ4v) is 2.78. The van der Waals surface area contributed by atoms with Crippen LogP contribution in [0.15, 0.2) is 30.3 Å². The van der Waals surface area contributed by atoms with Gasteiger partial charge in [-0.15, -0.1) is 0 Å². The second-order valence-corrected chi connectivity index (χ2v) is 6.11. The SMILES string of the molecule is CC(C)Oc1c(Cl)cc(-c2nc3ccc(N)cc3[nH]2)cc1Cl. The van der Waals surface area contributed by atoms with Gasteiger partial charge in [-0.05, 0) is 44.2 Å². The Hall–Kier alpha value is -1.91. The number of nitrogen functional groups attached to an aromatic ring is 1. The van der Waals surface area contributed by atoms with Crippen LogP contribution < -0.4 is 10.5 Å². The van der Waals surface area contributed by atoms with Crippen molar-refractivity contribution in [1.82, 2.24) is 9.97 Å². The number of nitrogens with one attached hydrogen (secondary N) is 1. The molecule has 0 unspecified atom stereocenters. The Balaban J connectivity index is 2.07. The van der Waals surface area contributed by atoms with Crippen molar-refractivity contribution in [2.75, 3.05) is 5.73 Å². The summed E-state index contributed by atoms with van der Waals surface area (Å²) in [6.07, 6.45) is -0.00461. The number of fused-ring (bicyclic) bond motifs is 1. The predicted octanol–water partition coefficient (Wildman–Crippen LogP) is 4.91. The van der Waals surface area contributed by atoms with E-state index in [2.05, 4.69) is 9.97 Å². The summed E-state index contributed by atoms with van der Waals surface area (Å²) in [5.41, 5.74) is 8.95. The summed E-state index contributed by atoms with van der Waals surface area (Å²) in [6, 6.07) is 9.08. The number of hydrogen-bond donors (Lipinski definition) is 2. The molecule has 0 fully saturated rings. The average Bonchev–Trinajstić information content (AvgIpc) is 2.85. The number of nitrogens with two attached hydrogens (primary N) is 1. The monoisotopic (exact) mass is 335 g/mol. The zero-order chi connectivity index (χ0) is 15.9. The number of imidazole rings is 1. The van der Waals surface area contributed by atoms with Gasteiger partial charge >= 0.3 is 0 Å². The zero-order valence-corrected chi connectivity index (χ0v) is 13.7. The standard InChI is InChI=1S/C16H15Cl2N3O/c1-8(2)22-15-11(17)5-9(6-12(15)18)16-20-13-4-3-10(19)7-14(13)21-16/h3-8H,19H2,1-2H3,(H,20,21). The first-order valence-electron chi connectivity index (χ1n) is 6.85. The maximum Gasteiger partial charge on any atom is 0.156 e. The minimum absolute atomic E-state index is 0.00461. The number of aromatic amines is 1. The van der Waals surface area contributed by atoms with E-state index < -0.39 is 0 Å². The second kappa shape index (κ2) is 5.71. The largest absolute Gasteiger partial charge is 0.488 e. The fraction of sp³-hybridized carbons (Fsp3) is 0.188. The Kier molecular flexibility index (Phi) is 3.89. The van der Waals surface area contributed by atoms with Gasteiger partial charge < -0.3 is 15.5 Å². The van der Waals surface area contributed by atoms with Crippen molar-refractivity contribution in [2.24, 2.45) is 0 Å².